The minimum atomic E-state index is -3.77. The Morgan fingerprint density at radius 1 is 0.893 bits per heavy atom. The van der Waals surface area contributed by atoms with Crippen molar-refractivity contribution in [2.24, 2.45) is 0 Å². The first-order valence-corrected chi connectivity index (χ1v) is 10.4. The fourth-order valence-electron chi connectivity index (χ4n) is 2.57. The minimum absolute atomic E-state index is 0.133. The van der Waals surface area contributed by atoms with E-state index in [1.165, 1.54) is 30.3 Å². The second kappa shape index (κ2) is 8.04. The highest BCUT2D eigenvalue weighted by molar-refractivity contribution is 7.92. The molecule has 0 radical (unpaired) electrons. The lowest BCUT2D eigenvalue weighted by atomic mass is 10.1. The molecule has 0 saturated carbocycles. The Kier molecular flexibility index (Phi) is 5.72. The van der Waals surface area contributed by atoms with E-state index in [1.54, 1.807) is 18.2 Å². The highest BCUT2D eigenvalue weighted by Gasteiger charge is 2.17. The van der Waals surface area contributed by atoms with Crippen molar-refractivity contribution in [3.8, 4) is 0 Å². The molecule has 3 aromatic carbocycles. The van der Waals surface area contributed by atoms with Crippen LogP contribution in [0.4, 0.5) is 11.4 Å². The number of amides is 1. The Bertz CT molecular complexity index is 1130. The van der Waals surface area contributed by atoms with Crippen LogP contribution in [0.2, 0.25) is 5.02 Å². The SMILES string of the molecule is Cc1ccc(S(=O)(=O)Nc2ccc(C(=O)Nc3ccccc3C)cc2Cl)cc1. The molecule has 0 bridgehead atoms. The minimum Gasteiger partial charge on any atom is -0.322 e. The molecule has 0 saturated heterocycles. The number of rotatable bonds is 5. The van der Waals surface area contributed by atoms with Crippen LogP contribution in [0.1, 0.15) is 21.5 Å². The zero-order chi connectivity index (χ0) is 20.3. The van der Waals surface area contributed by atoms with Crippen molar-refractivity contribution < 1.29 is 13.2 Å². The normalized spacial score (nSPS) is 11.1. The van der Waals surface area contributed by atoms with Crippen LogP contribution in [0.5, 0.6) is 0 Å². The van der Waals surface area contributed by atoms with Crippen LogP contribution >= 0.6 is 11.6 Å². The number of halogens is 1. The standard InChI is InChI=1S/C21H19ClN2O3S/c1-14-7-10-17(11-8-14)28(26,27)24-20-12-9-16(13-18(20)22)21(25)23-19-6-4-3-5-15(19)2/h3-13,24H,1-2H3,(H,23,25). The number of anilines is 2. The number of sulfonamides is 1. The van der Waals surface area contributed by atoms with E-state index < -0.39 is 10.0 Å². The summed E-state index contributed by atoms with van der Waals surface area (Å²) < 4.78 is 27.5. The summed E-state index contributed by atoms with van der Waals surface area (Å²) in [6.45, 7) is 3.77. The topological polar surface area (TPSA) is 75.3 Å². The van der Waals surface area contributed by atoms with Crippen LogP contribution in [0.3, 0.4) is 0 Å². The zero-order valence-corrected chi connectivity index (χ0v) is 16.9. The third-order valence-electron chi connectivity index (χ3n) is 4.20. The number of para-hydroxylation sites is 1. The van der Waals surface area contributed by atoms with E-state index in [2.05, 4.69) is 10.0 Å². The molecule has 0 atom stereocenters. The summed E-state index contributed by atoms with van der Waals surface area (Å²) in [4.78, 5) is 12.6. The summed E-state index contributed by atoms with van der Waals surface area (Å²) in [5.74, 6) is -0.329. The van der Waals surface area contributed by atoms with Gasteiger partial charge in [-0.05, 0) is 55.8 Å². The van der Waals surface area contributed by atoms with Crippen molar-refractivity contribution in [1.29, 1.82) is 0 Å². The van der Waals surface area contributed by atoms with E-state index in [1.807, 2.05) is 32.0 Å². The molecule has 3 aromatic rings. The first-order valence-electron chi connectivity index (χ1n) is 8.52. The number of carbonyl (C=O) groups is 1. The third-order valence-corrected chi connectivity index (χ3v) is 5.89. The molecule has 0 unspecified atom stereocenters. The van der Waals surface area contributed by atoms with E-state index in [0.717, 1.165) is 11.1 Å². The van der Waals surface area contributed by atoms with E-state index in [4.69, 9.17) is 11.6 Å². The molecule has 0 spiro atoms. The van der Waals surface area contributed by atoms with Crippen LogP contribution in [-0.2, 0) is 10.0 Å². The lowest BCUT2D eigenvalue weighted by molar-refractivity contribution is 0.102. The van der Waals surface area contributed by atoms with Gasteiger partial charge in [-0.3, -0.25) is 9.52 Å². The van der Waals surface area contributed by atoms with Crippen molar-refractivity contribution in [1.82, 2.24) is 0 Å². The Balaban J connectivity index is 1.79. The number of nitrogens with one attached hydrogen (secondary N) is 2. The van der Waals surface area contributed by atoms with Gasteiger partial charge in [0, 0.05) is 11.3 Å². The van der Waals surface area contributed by atoms with Gasteiger partial charge < -0.3 is 5.32 Å². The van der Waals surface area contributed by atoms with Crippen molar-refractivity contribution >= 4 is 38.9 Å². The van der Waals surface area contributed by atoms with Gasteiger partial charge in [0.1, 0.15) is 0 Å². The molecule has 1 amide bonds. The lowest BCUT2D eigenvalue weighted by Crippen LogP contribution is -2.15. The maximum atomic E-state index is 12.5. The van der Waals surface area contributed by atoms with Crippen LogP contribution in [0, 0.1) is 13.8 Å². The van der Waals surface area contributed by atoms with Gasteiger partial charge in [-0.15, -0.1) is 0 Å². The fourth-order valence-corrected chi connectivity index (χ4v) is 3.93. The molecule has 0 fully saturated rings. The van der Waals surface area contributed by atoms with Gasteiger partial charge in [-0.25, -0.2) is 8.42 Å². The summed E-state index contributed by atoms with van der Waals surface area (Å²) in [5, 5.41) is 2.95. The van der Waals surface area contributed by atoms with Gasteiger partial charge in [0.15, 0.2) is 0 Å². The van der Waals surface area contributed by atoms with Crippen LogP contribution in [-0.4, -0.2) is 14.3 Å². The van der Waals surface area contributed by atoms with Gasteiger partial charge in [0.25, 0.3) is 15.9 Å². The molecule has 3 rings (SSSR count). The molecule has 0 heterocycles. The van der Waals surface area contributed by atoms with Crippen LogP contribution in [0.15, 0.2) is 71.6 Å². The van der Waals surface area contributed by atoms with E-state index >= 15 is 0 Å². The van der Waals surface area contributed by atoms with Crippen LogP contribution in [0.25, 0.3) is 0 Å². The number of benzene rings is 3. The van der Waals surface area contributed by atoms with Gasteiger partial charge >= 0.3 is 0 Å². The Morgan fingerprint density at radius 2 is 1.57 bits per heavy atom. The molecule has 2 N–H and O–H groups in total. The maximum absolute atomic E-state index is 12.5. The average molecular weight is 415 g/mol. The summed E-state index contributed by atoms with van der Waals surface area (Å²) in [6, 6.07) is 18.3. The number of carbonyl (C=O) groups excluding carboxylic acids is 1. The smallest absolute Gasteiger partial charge is 0.261 e. The zero-order valence-electron chi connectivity index (χ0n) is 15.4. The molecule has 0 aliphatic rings. The third kappa shape index (κ3) is 4.52. The first-order chi connectivity index (χ1) is 13.3. The highest BCUT2D eigenvalue weighted by atomic mass is 35.5. The van der Waals surface area contributed by atoms with E-state index in [9.17, 15) is 13.2 Å². The van der Waals surface area contributed by atoms with Gasteiger partial charge in [0.2, 0.25) is 0 Å². The van der Waals surface area contributed by atoms with E-state index in [0.29, 0.717) is 11.3 Å². The number of hydrogen-bond acceptors (Lipinski definition) is 3. The number of aryl methyl sites for hydroxylation is 2. The molecule has 7 heteroatoms. The Hall–Kier alpha value is -2.83. The lowest BCUT2D eigenvalue weighted by Gasteiger charge is -2.12. The molecular weight excluding hydrogens is 396 g/mol. The quantitative estimate of drug-likeness (QED) is 0.616. The number of hydrogen-bond donors (Lipinski definition) is 2. The van der Waals surface area contributed by atoms with Crippen molar-refractivity contribution in [2.45, 2.75) is 18.7 Å². The molecule has 5 nitrogen and oxygen atoms in total. The fraction of sp³-hybridized carbons (Fsp3) is 0.0952. The van der Waals surface area contributed by atoms with Gasteiger partial charge in [-0.1, -0.05) is 47.5 Å². The first kappa shape index (κ1) is 19.9. The summed E-state index contributed by atoms with van der Waals surface area (Å²) in [7, 11) is -3.77. The van der Waals surface area contributed by atoms with Crippen molar-refractivity contribution in [2.75, 3.05) is 10.0 Å². The maximum Gasteiger partial charge on any atom is 0.261 e. The Morgan fingerprint density at radius 3 is 2.21 bits per heavy atom. The molecule has 28 heavy (non-hydrogen) atoms. The average Bonchev–Trinajstić information content (AvgIpc) is 2.65. The summed E-state index contributed by atoms with van der Waals surface area (Å²) >= 11 is 6.22. The highest BCUT2D eigenvalue weighted by Crippen LogP contribution is 2.26. The largest absolute Gasteiger partial charge is 0.322 e. The molecule has 144 valence electrons. The second-order valence-corrected chi connectivity index (χ2v) is 8.47. The summed E-state index contributed by atoms with van der Waals surface area (Å²) in [6.07, 6.45) is 0. The van der Waals surface area contributed by atoms with Gasteiger partial charge in [0.05, 0.1) is 15.6 Å². The van der Waals surface area contributed by atoms with E-state index in [-0.39, 0.29) is 21.5 Å². The second-order valence-electron chi connectivity index (χ2n) is 6.38. The van der Waals surface area contributed by atoms with Crippen molar-refractivity contribution in [3.63, 3.8) is 0 Å². The monoisotopic (exact) mass is 414 g/mol. The predicted octanol–water partition coefficient (Wildman–Crippen LogP) is 5.01. The van der Waals surface area contributed by atoms with Crippen LogP contribution < -0.4 is 10.0 Å². The summed E-state index contributed by atoms with van der Waals surface area (Å²) in [5.41, 5.74) is 3.12. The molecule has 0 aliphatic heterocycles. The van der Waals surface area contributed by atoms with Crippen molar-refractivity contribution in [3.05, 3.63) is 88.4 Å². The molecule has 0 aliphatic carbocycles. The predicted molar refractivity (Wildman–Crippen MR) is 113 cm³/mol. The van der Waals surface area contributed by atoms with Gasteiger partial charge in [-0.2, -0.15) is 0 Å². The molecular formula is C21H19ClN2O3S. The Labute approximate surface area is 169 Å². The molecule has 0 aromatic heterocycles.